The van der Waals surface area contributed by atoms with Gasteiger partial charge in [-0.25, -0.2) is 4.39 Å². The number of pyridine rings is 1. The predicted molar refractivity (Wildman–Crippen MR) is 68.6 cm³/mol. The van der Waals surface area contributed by atoms with E-state index in [4.69, 9.17) is 0 Å². The quantitative estimate of drug-likeness (QED) is 0.809. The Labute approximate surface area is 107 Å². The van der Waals surface area contributed by atoms with E-state index in [1.54, 1.807) is 6.20 Å². The van der Waals surface area contributed by atoms with Crippen LogP contribution in [0.15, 0.2) is 18.5 Å². The Bertz CT molecular complexity index is 376. The van der Waals surface area contributed by atoms with E-state index in [2.05, 4.69) is 10.3 Å². The van der Waals surface area contributed by atoms with Crippen LogP contribution in [0, 0.1) is 5.82 Å². The maximum absolute atomic E-state index is 12.9. The SMILES string of the molecule is OC1(CNCc2cncc(F)c2)CCCCCC1. The zero-order valence-corrected chi connectivity index (χ0v) is 10.7. The number of aromatic nitrogens is 1. The van der Waals surface area contributed by atoms with Crippen LogP contribution >= 0.6 is 0 Å². The van der Waals surface area contributed by atoms with Crippen molar-refractivity contribution in [2.24, 2.45) is 0 Å². The molecule has 18 heavy (non-hydrogen) atoms. The largest absolute Gasteiger partial charge is 0.389 e. The lowest BCUT2D eigenvalue weighted by Crippen LogP contribution is -2.39. The lowest BCUT2D eigenvalue weighted by Gasteiger charge is -2.26. The van der Waals surface area contributed by atoms with Crippen molar-refractivity contribution in [3.8, 4) is 0 Å². The molecule has 1 saturated carbocycles. The second-order valence-electron chi connectivity index (χ2n) is 5.25. The molecule has 0 aromatic carbocycles. The average molecular weight is 252 g/mol. The third-order valence-corrected chi connectivity index (χ3v) is 3.58. The fourth-order valence-electron chi connectivity index (χ4n) is 2.56. The fourth-order valence-corrected chi connectivity index (χ4v) is 2.56. The van der Waals surface area contributed by atoms with Crippen LogP contribution in [-0.2, 0) is 6.54 Å². The van der Waals surface area contributed by atoms with Gasteiger partial charge in [0.2, 0.25) is 0 Å². The molecule has 1 fully saturated rings. The standard InChI is InChI=1S/C14H21FN2O/c15-13-7-12(8-16-10-13)9-17-11-14(18)5-3-1-2-4-6-14/h7-8,10,17-18H,1-6,9,11H2. The first-order valence-electron chi connectivity index (χ1n) is 6.71. The fraction of sp³-hybridized carbons (Fsp3) is 0.643. The third-order valence-electron chi connectivity index (χ3n) is 3.58. The third kappa shape index (κ3) is 4.03. The van der Waals surface area contributed by atoms with Gasteiger partial charge in [-0.2, -0.15) is 0 Å². The molecular weight excluding hydrogens is 231 g/mol. The van der Waals surface area contributed by atoms with Crippen LogP contribution in [0.4, 0.5) is 4.39 Å². The first-order valence-corrected chi connectivity index (χ1v) is 6.71. The van der Waals surface area contributed by atoms with E-state index in [0.717, 1.165) is 31.2 Å². The molecule has 0 bridgehead atoms. The van der Waals surface area contributed by atoms with Crippen molar-refractivity contribution in [2.45, 2.75) is 50.7 Å². The monoisotopic (exact) mass is 252 g/mol. The van der Waals surface area contributed by atoms with Crippen molar-refractivity contribution < 1.29 is 9.50 Å². The van der Waals surface area contributed by atoms with Gasteiger partial charge in [0.05, 0.1) is 11.8 Å². The van der Waals surface area contributed by atoms with E-state index in [0.29, 0.717) is 13.1 Å². The maximum atomic E-state index is 12.9. The lowest BCUT2D eigenvalue weighted by atomic mass is 9.94. The molecule has 2 N–H and O–H groups in total. The number of hydrogen-bond acceptors (Lipinski definition) is 3. The molecule has 0 amide bonds. The number of hydrogen-bond donors (Lipinski definition) is 2. The Kier molecular flexibility index (Phi) is 4.66. The van der Waals surface area contributed by atoms with Crippen molar-refractivity contribution in [3.63, 3.8) is 0 Å². The molecule has 0 atom stereocenters. The molecule has 0 unspecified atom stereocenters. The van der Waals surface area contributed by atoms with Gasteiger partial charge in [0.25, 0.3) is 0 Å². The summed E-state index contributed by atoms with van der Waals surface area (Å²) in [6.07, 6.45) is 9.20. The molecule has 0 aliphatic heterocycles. The van der Waals surface area contributed by atoms with Crippen LogP contribution in [0.2, 0.25) is 0 Å². The molecule has 0 radical (unpaired) electrons. The smallest absolute Gasteiger partial charge is 0.141 e. The Morgan fingerprint density at radius 2 is 1.94 bits per heavy atom. The second-order valence-corrected chi connectivity index (χ2v) is 5.25. The highest BCUT2D eigenvalue weighted by atomic mass is 19.1. The van der Waals surface area contributed by atoms with Crippen LogP contribution in [0.5, 0.6) is 0 Å². The van der Waals surface area contributed by atoms with Gasteiger partial charge < -0.3 is 10.4 Å². The lowest BCUT2D eigenvalue weighted by molar-refractivity contribution is 0.0250. The summed E-state index contributed by atoms with van der Waals surface area (Å²) in [5.41, 5.74) is 0.226. The van der Waals surface area contributed by atoms with Gasteiger partial charge in [-0.3, -0.25) is 4.98 Å². The van der Waals surface area contributed by atoms with Gasteiger partial charge in [0.1, 0.15) is 5.82 Å². The van der Waals surface area contributed by atoms with Crippen LogP contribution in [0.3, 0.4) is 0 Å². The number of nitrogens with one attached hydrogen (secondary N) is 1. The molecule has 3 nitrogen and oxygen atoms in total. The summed E-state index contributed by atoms with van der Waals surface area (Å²) in [7, 11) is 0. The molecule has 1 aliphatic rings. The van der Waals surface area contributed by atoms with Crippen molar-refractivity contribution in [3.05, 3.63) is 29.8 Å². The minimum absolute atomic E-state index is 0.317. The molecule has 1 heterocycles. The normalized spacial score (nSPS) is 19.4. The number of halogens is 1. The van der Waals surface area contributed by atoms with Crippen molar-refractivity contribution >= 4 is 0 Å². The van der Waals surface area contributed by atoms with Gasteiger partial charge in [-0.05, 0) is 24.5 Å². The van der Waals surface area contributed by atoms with Crippen molar-refractivity contribution in [1.82, 2.24) is 10.3 Å². The number of rotatable bonds is 4. The van der Waals surface area contributed by atoms with E-state index in [1.807, 2.05) is 0 Å². The van der Waals surface area contributed by atoms with Gasteiger partial charge in [0, 0.05) is 19.3 Å². The zero-order chi connectivity index (χ0) is 12.8. The second kappa shape index (κ2) is 6.25. The topological polar surface area (TPSA) is 45.1 Å². The summed E-state index contributed by atoms with van der Waals surface area (Å²) in [4.78, 5) is 3.80. The molecule has 100 valence electrons. The molecule has 1 aromatic rings. The van der Waals surface area contributed by atoms with Crippen molar-refractivity contribution in [1.29, 1.82) is 0 Å². The van der Waals surface area contributed by atoms with E-state index in [9.17, 15) is 9.50 Å². The summed E-state index contributed by atoms with van der Waals surface area (Å²) < 4.78 is 12.9. The van der Waals surface area contributed by atoms with Crippen LogP contribution in [-0.4, -0.2) is 22.2 Å². The van der Waals surface area contributed by atoms with Crippen LogP contribution < -0.4 is 5.32 Å². The molecule has 4 heteroatoms. The van der Waals surface area contributed by atoms with Gasteiger partial charge >= 0.3 is 0 Å². The van der Waals surface area contributed by atoms with Crippen LogP contribution in [0.25, 0.3) is 0 Å². The highest BCUT2D eigenvalue weighted by molar-refractivity contribution is 5.09. The van der Waals surface area contributed by atoms with Crippen molar-refractivity contribution in [2.75, 3.05) is 6.54 Å². The van der Waals surface area contributed by atoms with Gasteiger partial charge in [-0.1, -0.05) is 25.7 Å². The summed E-state index contributed by atoms with van der Waals surface area (Å²) in [6, 6.07) is 1.47. The predicted octanol–water partition coefficient (Wildman–Crippen LogP) is 2.40. The Hall–Kier alpha value is -1.00. The van der Waals surface area contributed by atoms with Gasteiger partial charge in [0.15, 0.2) is 0 Å². The Morgan fingerprint density at radius 3 is 2.61 bits per heavy atom. The van der Waals surface area contributed by atoms with Gasteiger partial charge in [-0.15, -0.1) is 0 Å². The van der Waals surface area contributed by atoms with E-state index in [1.165, 1.54) is 25.1 Å². The molecular formula is C14H21FN2O. The minimum Gasteiger partial charge on any atom is -0.389 e. The Morgan fingerprint density at radius 1 is 1.22 bits per heavy atom. The molecule has 1 aromatic heterocycles. The summed E-state index contributed by atoms with van der Waals surface area (Å²) in [5, 5.41) is 13.6. The molecule has 0 saturated heterocycles. The molecule has 0 spiro atoms. The number of aliphatic hydroxyl groups is 1. The average Bonchev–Trinajstić information content (AvgIpc) is 2.55. The van der Waals surface area contributed by atoms with E-state index in [-0.39, 0.29) is 5.82 Å². The van der Waals surface area contributed by atoms with E-state index >= 15 is 0 Å². The summed E-state index contributed by atoms with van der Waals surface area (Å²) in [5.74, 6) is -0.317. The highest BCUT2D eigenvalue weighted by Crippen LogP contribution is 2.26. The highest BCUT2D eigenvalue weighted by Gasteiger charge is 2.27. The summed E-state index contributed by atoms with van der Waals surface area (Å²) in [6.45, 7) is 1.12. The van der Waals surface area contributed by atoms with Crippen LogP contribution in [0.1, 0.15) is 44.1 Å². The number of nitrogens with zero attached hydrogens (tertiary/aromatic N) is 1. The van der Waals surface area contributed by atoms with E-state index < -0.39 is 5.60 Å². The minimum atomic E-state index is -0.586. The first-order chi connectivity index (χ1) is 8.68. The maximum Gasteiger partial charge on any atom is 0.141 e. The summed E-state index contributed by atoms with van der Waals surface area (Å²) >= 11 is 0. The first kappa shape index (κ1) is 13.4. The Balaban J connectivity index is 1.80. The zero-order valence-electron chi connectivity index (χ0n) is 10.7. The molecule has 1 aliphatic carbocycles. The molecule has 2 rings (SSSR count).